The lowest BCUT2D eigenvalue weighted by molar-refractivity contribution is 0.303. The molecule has 1 aromatic carbocycles. The second-order valence-electron chi connectivity index (χ2n) is 7.30. The van der Waals surface area contributed by atoms with Gasteiger partial charge in [-0.25, -0.2) is 0 Å². The Kier molecular flexibility index (Phi) is 5.18. The number of nitrogens with one attached hydrogen (secondary N) is 1. The van der Waals surface area contributed by atoms with Crippen LogP contribution in [0.5, 0.6) is 11.5 Å². The van der Waals surface area contributed by atoms with Crippen LogP contribution >= 0.6 is 0 Å². The van der Waals surface area contributed by atoms with Gasteiger partial charge in [-0.3, -0.25) is 0 Å². The fraction of sp³-hybridized carbons (Fsp3) is 0.556. The van der Waals surface area contributed by atoms with Crippen molar-refractivity contribution >= 4 is 0 Å². The van der Waals surface area contributed by atoms with Gasteiger partial charge < -0.3 is 19.3 Å². The van der Waals surface area contributed by atoms with Crippen molar-refractivity contribution in [3.63, 3.8) is 0 Å². The Morgan fingerprint density at radius 2 is 1.79 bits per heavy atom. The molecule has 1 aromatic heterocycles. The highest BCUT2D eigenvalue weighted by atomic mass is 16.5. The van der Waals surface area contributed by atoms with Crippen molar-refractivity contribution in [1.82, 2.24) is 15.5 Å². The van der Waals surface area contributed by atoms with Crippen LogP contribution in [0.3, 0.4) is 0 Å². The van der Waals surface area contributed by atoms with Crippen LogP contribution in [0.15, 0.2) is 22.7 Å². The maximum absolute atomic E-state index is 5.47. The molecule has 0 fully saturated rings. The van der Waals surface area contributed by atoms with E-state index in [4.69, 9.17) is 14.0 Å². The van der Waals surface area contributed by atoms with Gasteiger partial charge >= 0.3 is 0 Å². The van der Waals surface area contributed by atoms with Crippen molar-refractivity contribution in [3.05, 3.63) is 35.5 Å². The minimum Gasteiger partial charge on any atom is -0.493 e. The van der Waals surface area contributed by atoms with Crippen molar-refractivity contribution in [3.8, 4) is 11.5 Å². The van der Waals surface area contributed by atoms with Gasteiger partial charge in [0, 0.05) is 17.5 Å². The van der Waals surface area contributed by atoms with Crippen LogP contribution in [0.4, 0.5) is 0 Å². The molecule has 132 valence electrons. The fourth-order valence-corrected chi connectivity index (χ4v) is 2.27. The molecule has 6 heteroatoms. The molecule has 0 unspecified atom stereocenters. The Morgan fingerprint density at radius 3 is 2.33 bits per heavy atom. The molecule has 0 amide bonds. The first-order chi connectivity index (χ1) is 11.2. The molecule has 6 nitrogen and oxygen atoms in total. The van der Waals surface area contributed by atoms with Crippen LogP contribution in [-0.2, 0) is 17.5 Å². The van der Waals surface area contributed by atoms with E-state index in [1.807, 2.05) is 52.8 Å². The molecular weight excluding hydrogens is 306 g/mol. The van der Waals surface area contributed by atoms with Crippen molar-refractivity contribution in [1.29, 1.82) is 0 Å². The van der Waals surface area contributed by atoms with Gasteiger partial charge in [0.2, 0.25) is 5.89 Å². The predicted molar refractivity (Wildman–Crippen MR) is 92.4 cm³/mol. The first-order valence-electron chi connectivity index (χ1n) is 7.98. The molecule has 0 atom stereocenters. The summed E-state index contributed by atoms with van der Waals surface area (Å²) in [5, 5.41) is 7.60. The molecule has 0 saturated carbocycles. The maximum atomic E-state index is 5.47. The Balaban J connectivity index is 2.17. The molecule has 0 spiro atoms. The van der Waals surface area contributed by atoms with Crippen molar-refractivity contribution in [2.24, 2.45) is 0 Å². The summed E-state index contributed by atoms with van der Waals surface area (Å²) in [5.74, 6) is 2.71. The van der Waals surface area contributed by atoms with Gasteiger partial charge in [-0.05, 0) is 19.9 Å². The normalized spacial score (nSPS) is 12.3. The highest BCUT2D eigenvalue weighted by Gasteiger charge is 2.30. The van der Waals surface area contributed by atoms with Crippen LogP contribution in [0.25, 0.3) is 0 Å². The quantitative estimate of drug-likeness (QED) is 0.873. The molecule has 2 aromatic rings. The Bertz CT molecular complexity index is 687. The monoisotopic (exact) mass is 333 g/mol. The smallest absolute Gasteiger partial charge is 0.232 e. The zero-order valence-corrected chi connectivity index (χ0v) is 15.6. The number of benzene rings is 1. The van der Waals surface area contributed by atoms with Crippen molar-refractivity contribution < 1.29 is 14.0 Å². The molecule has 0 radical (unpaired) electrons. The topological polar surface area (TPSA) is 69.4 Å². The van der Waals surface area contributed by atoms with E-state index >= 15 is 0 Å². The van der Waals surface area contributed by atoms with Gasteiger partial charge in [0.05, 0.1) is 19.8 Å². The average molecular weight is 333 g/mol. The molecule has 0 aliphatic carbocycles. The summed E-state index contributed by atoms with van der Waals surface area (Å²) in [4.78, 5) is 4.55. The minimum atomic E-state index is -0.443. The third-order valence-corrected chi connectivity index (χ3v) is 3.83. The van der Waals surface area contributed by atoms with Crippen molar-refractivity contribution in [2.45, 2.75) is 52.1 Å². The molecule has 2 rings (SSSR count). The van der Waals surface area contributed by atoms with Crippen LogP contribution in [0.2, 0.25) is 0 Å². The van der Waals surface area contributed by atoms with E-state index in [2.05, 4.69) is 15.5 Å². The maximum Gasteiger partial charge on any atom is 0.232 e. The third kappa shape index (κ3) is 3.87. The molecule has 1 heterocycles. The number of nitrogens with zero attached hydrogens (tertiary/aromatic N) is 2. The summed E-state index contributed by atoms with van der Waals surface area (Å²) in [5.41, 5.74) is 0.391. The first-order valence-corrected chi connectivity index (χ1v) is 7.98. The molecule has 0 aliphatic rings. The SMILES string of the molecule is COc1cccc(CNC(C)(C)c2noc(C(C)(C)C)n2)c1OC. The third-order valence-electron chi connectivity index (χ3n) is 3.83. The van der Waals surface area contributed by atoms with Gasteiger partial charge in [0.15, 0.2) is 17.3 Å². The number of methoxy groups -OCH3 is 2. The number of rotatable bonds is 6. The standard InChI is InChI=1S/C18H27N3O3/c1-17(2,3)16-20-15(21-24-16)18(4,5)19-11-12-9-8-10-13(22-6)14(12)23-7/h8-10,19H,11H2,1-7H3. The Hall–Kier alpha value is -2.08. The van der Waals surface area contributed by atoms with E-state index in [1.54, 1.807) is 14.2 Å². The molecule has 24 heavy (non-hydrogen) atoms. The van der Waals surface area contributed by atoms with Gasteiger partial charge in [-0.2, -0.15) is 4.98 Å². The fourth-order valence-electron chi connectivity index (χ4n) is 2.27. The predicted octanol–water partition coefficient (Wildman–Crippen LogP) is 3.41. The van der Waals surface area contributed by atoms with Crippen molar-refractivity contribution in [2.75, 3.05) is 14.2 Å². The number of para-hydroxylation sites is 1. The minimum absolute atomic E-state index is 0.169. The zero-order valence-electron chi connectivity index (χ0n) is 15.6. The van der Waals surface area contributed by atoms with Gasteiger partial charge in [-0.1, -0.05) is 38.1 Å². The second-order valence-corrected chi connectivity index (χ2v) is 7.30. The van der Waals surface area contributed by atoms with Gasteiger partial charge in [0.1, 0.15) is 0 Å². The summed E-state index contributed by atoms with van der Waals surface area (Å²) >= 11 is 0. The number of hydrogen-bond acceptors (Lipinski definition) is 6. The average Bonchev–Trinajstić information content (AvgIpc) is 3.03. The van der Waals surface area contributed by atoms with E-state index in [-0.39, 0.29) is 5.41 Å². The van der Waals surface area contributed by atoms with E-state index in [0.29, 0.717) is 24.0 Å². The van der Waals surface area contributed by atoms with Crippen LogP contribution < -0.4 is 14.8 Å². The lowest BCUT2D eigenvalue weighted by Gasteiger charge is -2.23. The number of hydrogen-bond donors (Lipinski definition) is 1. The lowest BCUT2D eigenvalue weighted by Crippen LogP contribution is -2.37. The molecule has 0 bridgehead atoms. The molecular formula is C18H27N3O3. The number of ether oxygens (including phenoxy) is 2. The highest BCUT2D eigenvalue weighted by Crippen LogP contribution is 2.31. The number of aromatic nitrogens is 2. The van der Waals surface area contributed by atoms with E-state index in [1.165, 1.54) is 0 Å². The van der Waals surface area contributed by atoms with E-state index in [0.717, 1.165) is 11.3 Å². The Labute approximate surface area is 143 Å². The second kappa shape index (κ2) is 6.81. The van der Waals surface area contributed by atoms with E-state index < -0.39 is 5.54 Å². The summed E-state index contributed by atoms with van der Waals surface area (Å²) in [7, 11) is 3.27. The lowest BCUT2D eigenvalue weighted by atomic mass is 9.97. The summed E-state index contributed by atoms with van der Waals surface area (Å²) in [6, 6.07) is 5.82. The molecule has 0 saturated heterocycles. The first kappa shape index (κ1) is 18.3. The largest absolute Gasteiger partial charge is 0.493 e. The zero-order chi connectivity index (χ0) is 18.0. The van der Waals surface area contributed by atoms with Gasteiger partial charge in [0.25, 0.3) is 0 Å². The summed E-state index contributed by atoms with van der Waals surface area (Å²) in [6.45, 7) is 10.8. The summed E-state index contributed by atoms with van der Waals surface area (Å²) < 4.78 is 16.2. The van der Waals surface area contributed by atoms with Crippen LogP contribution in [0.1, 0.15) is 51.9 Å². The van der Waals surface area contributed by atoms with Crippen LogP contribution in [0, 0.1) is 0 Å². The Morgan fingerprint density at radius 1 is 1.08 bits per heavy atom. The van der Waals surface area contributed by atoms with Gasteiger partial charge in [-0.15, -0.1) is 0 Å². The molecule has 0 aliphatic heterocycles. The van der Waals surface area contributed by atoms with Crippen LogP contribution in [-0.4, -0.2) is 24.4 Å². The highest BCUT2D eigenvalue weighted by molar-refractivity contribution is 5.46. The van der Waals surface area contributed by atoms with E-state index in [9.17, 15) is 0 Å². The molecule has 1 N–H and O–H groups in total. The summed E-state index contributed by atoms with van der Waals surface area (Å²) in [6.07, 6.45) is 0.